The third kappa shape index (κ3) is 15.0. The number of aliphatic imine (C=N–C) groups is 2. The van der Waals surface area contributed by atoms with Crippen LogP contribution in [0.5, 0.6) is 0 Å². The number of aromatic nitrogens is 1. The van der Waals surface area contributed by atoms with Crippen molar-refractivity contribution in [3.8, 4) is 6.07 Å². The van der Waals surface area contributed by atoms with Gasteiger partial charge in [0.05, 0.1) is 24.1 Å². The third-order valence-electron chi connectivity index (χ3n) is 7.04. The first-order chi connectivity index (χ1) is 23.4. The first kappa shape index (κ1) is 45.6. The minimum Gasteiger partial charge on any atom is -0.382 e. The highest BCUT2D eigenvalue weighted by molar-refractivity contribution is 6.30. The van der Waals surface area contributed by atoms with Gasteiger partial charge in [-0.3, -0.25) is 14.6 Å². The molecular weight excluding hydrogens is 658 g/mol. The number of likely N-dealkylation sites (N-methyl/N-ethyl adjacent to an activating group) is 1. The molecule has 0 spiro atoms. The molecule has 0 saturated carbocycles. The summed E-state index contributed by atoms with van der Waals surface area (Å²) in [5.41, 5.74) is 1.50. The number of alkyl halides is 2. The first-order valence-corrected chi connectivity index (χ1v) is 17.1. The van der Waals surface area contributed by atoms with Crippen LogP contribution < -0.4 is 21.3 Å². The van der Waals surface area contributed by atoms with Crippen LogP contribution >= 0.6 is 11.6 Å². The molecule has 1 aromatic rings. The van der Waals surface area contributed by atoms with E-state index in [2.05, 4.69) is 42.3 Å². The number of carbonyl (C=O) groups excluding carboxylic acids is 1. The van der Waals surface area contributed by atoms with Crippen LogP contribution in [0.15, 0.2) is 79.3 Å². The van der Waals surface area contributed by atoms with Gasteiger partial charge in [-0.15, -0.1) is 0 Å². The summed E-state index contributed by atoms with van der Waals surface area (Å²) >= 11 is 5.60. The van der Waals surface area contributed by atoms with Crippen molar-refractivity contribution >= 4 is 42.2 Å². The molecule has 274 valence electrons. The number of amidine groups is 1. The predicted octanol–water partition coefficient (Wildman–Crippen LogP) is 7.27. The lowest BCUT2D eigenvalue weighted by molar-refractivity contribution is -0.125. The van der Waals surface area contributed by atoms with E-state index in [1.807, 2.05) is 45.9 Å². The summed E-state index contributed by atoms with van der Waals surface area (Å²) in [6.45, 7) is 24.9. The molecule has 1 aliphatic rings. The monoisotopic (exact) mass is 712 g/mol. The Bertz CT molecular complexity index is 1720. The summed E-state index contributed by atoms with van der Waals surface area (Å²) in [7, 11) is 3.11. The molecule has 2 rings (SSSR count). The number of nitriles is 1. The highest BCUT2D eigenvalue weighted by Gasteiger charge is 2.28. The van der Waals surface area contributed by atoms with E-state index in [4.69, 9.17) is 16.9 Å². The number of rotatable bonds is 12. The molecule has 2 unspecified atom stereocenters. The lowest BCUT2D eigenvalue weighted by atomic mass is 10.0. The first-order valence-electron chi connectivity index (χ1n) is 16.7. The van der Waals surface area contributed by atoms with Gasteiger partial charge in [0.1, 0.15) is 5.84 Å². The molecule has 0 radical (unpaired) electrons. The predicted molar refractivity (Wildman–Crippen MR) is 207 cm³/mol. The average Bonchev–Trinajstić information content (AvgIpc) is 3.04. The van der Waals surface area contributed by atoms with Crippen molar-refractivity contribution in [3.63, 3.8) is 0 Å². The number of hydrogen-bond donors (Lipinski definition) is 1. The van der Waals surface area contributed by atoms with Crippen molar-refractivity contribution in [2.75, 3.05) is 13.6 Å². The molecular formula is C39H55ClF2N6O2. The van der Waals surface area contributed by atoms with Gasteiger partial charge in [0.2, 0.25) is 0 Å². The van der Waals surface area contributed by atoms with Crippen LogP contribution in [0.1, 0.15) is 86.8 Å². The molecule has 11 heteroatoms. The van der Waals surface area contributed by atoms with Crippen molar-refractivity contribution in [2.24, 2.45) is 23.0 Å². The number of nitrogens with zero attached hydrogens (tertiary/aromatic N) is 5. The Balaban J connectivity index is 0.00000119. The molecule has 8 nitrogen and oxygen atoms in total. The molecule has 1 aromatic heterocycles. The van der Waals surface area contributed by atoms with Crippen molar-refractivity contribution < 1.29 is 13.6 Å². The van der Waals surface area contributed by atoms with Crippen molar-refractivity contribution in [1.82, 2.24) is 14.8 Å². The van der Waals surface area contributed by atoms with Gasteiger partial charge in [0.25, 0.3) is 17.9 Å². The molecule has 1 aliphatic heterocycles. The highest BCUT2D eigenvalue weighted by Crippen LogP contribution is 2.22. The maximum atomic E-state index is 13.8. The molecule has 0 aromatic carbocycles. The standard InChI is InChI=1S/C25H32F2N4O2.C12H17ClN2.C2H6/c1-14(2)9-19-16(5)10-20(31(8)24(19)32)18-11-28-23(29-12-18)17(6)21(22(26)27)25(33)30(7)13-15(3)4;1-4-5-11(3)15-12(8-9-14)7-6-10(2)13;1-2/h9-11,13-14,18,22H,5,12H2,1-4,6-8H3;6-8,11,15H,2,4-5H2,1,3H3;1-2H3/b19-9+,21-17+;7-6-,12-8-;. The van der Waals surface area contributed by atoms with Gasteiger partial charge in [-0.05, 0) is 63.5 Å². The Labute approximate surface area is 302 Å². The lowest BCUT2D eigenvalue weighted by Gasteiger charge is -2.21. The summed E-state index contributed by atoms with van der Waals surface area (Å²) < 4.78 is 29.1. The smallest absolute Gasteiger partial charge is 0.269 e. The van der Waals surface area contributed by atoms with E-state index in [9.17, 15) is 18.4 Å². The van der Waals surface area contributed by atoms with Crippen LogP contribution in [0, 0.1) is 17.2 Å². The van der Waals surface area contributed by atoms with Gasteiger partial charge in [-0.1, -0.05) is 77.4 Å². The van der Waals surface area contributed by atoms with E-state index in [-0.39, 0.29) is 35.3 Å². The van der Waals surface area contributed by atoms with E-state index >= 15 is 0 Å². The fourth-order valence-corrected chi connectivity index (χ4v) is 4.89. The van der Waals surface area contributed by atoms with Crippen LogP contribution in [0.4, 0.5) is 8.78 Å². The Morgan fingerprint density at radius 2 is 1.86 bits per heavy atom. The van der Waals surface area contributed by atoms with Gasteiger partial charge < -0.3 is 14.8 Å². The molecule has 0 fully saturated rings. The van der Waals surface area contributed by atoms with Crippen LogP contribution in [0.25, 0.3) is 12.7 Å². The second-order valence-electron chi connectivity index (χ2n) is 12.1. The van der Waals surface area contributed by atoms with Crippen molar-refractivity contribution in [1.29, 1.82) is 5.26 Å². The topological polar surface area (TPSA) is 103 Å². The zero-order chi connectivity index (χ0) is 38.7. The van der Waals surface area contributed by atoms with Crippen LogP contribution in [0.3, 0.4) is 0 Å². The summed E-state index contributed by atoms with van der Waals surface area (Å²) in [4.78, 5) is 35.2. The summed E-state index contributed by atoms with van der Waals surface area (Å²) in [6, 6.07) is 4.17. The van der Waals surface area contributed by atoms with Crippen LogP contribution in [-0.4, -0.2) is 53.5 Å². The van der Waals surface area contributed by atoms with E-state index in [1.54, 1.807) is 43.8 Å². The van der Waals surface area contributed by atoms with Gasteiger partial charge in [-0.2, -0.15) is 5.26 Å². The third-order valence-corrected chi connectivity index (χ3v) is 7.17. The Morgan fingerprint density at radius 1 is 1.24 bits per heavy atom. The molecule has 0 bridgehead atoms. The van der Waals surface area contributed by atoms with E-state index in [0.29, 0.717) is 27.2 Å². The summed E-state index contributed by atoms with van der Waals surface area (Å²) in [6.07, 6.45) is 9.04. The van der Waals surface area contributed by atoms with Gasteiger partial charge >= 0.3 is 0 Å². The van der Waals surface area contributed by atoms with Crippen LogP contribution in [-0.2, 0) is 11.8 Å². The van der Waals surface area contributed by atoms with E-state index < -0.39 is 17.9 Å². The fraction of sp³-hybridized carbons (Fsp3) is 0.462. The number of nitrogens with one attached hydrogen (secondary N) is 1. The van der Waals surface area contributed by atoms with E-state index in [0.717, 1.165) is 29.0 Å². The quantitative estimate of drug-likeness (QED) is 0.140. The Morgan fingerprint density at radius 3 is 2.32 bits per heavy atom. The second kappa shape index (κ2) is 23.1. The maximum Gasteiger partial charge on any atom is 0.269 e. The zero-order valence-corrected chi connectivity index (χ0v) is 32.3. The average molecular weight is 713 g/mol. The number of allylic oxidation sites excluding steroid dienone is 5. The van der Waals surface area contributed by atoms with Crippen LogP contribution in [0.2, 0.25) is 0 Å². The molecule has 0 aliphatic carbocycles. The summed E-state index contributed by atoms with van der Waals surface area (Å²) in [5.74, 6) is -0.827. The van der Waals surface area contributed by atoms with E-state index in [1.165, 1.54) is 26.2 Å². The molecule has 0 saturated heterocycles. The number of hydrogen-bond acceptors (Lipinski definition) is 6. The lowest BCUT2D eigenvalue weighted by Crippen LogP contribution is -2.45. The molecule has 2 heterocycles. The number of halogens is 3. The fourth-order valence-electron chi connectivity index (χ4n) is 4.83. The Kier molecular flexibility index (Phi) is 21.1. The number of pyridine rings is 1. The maximum absolute atomic E-state index is 13.8. The molecule has 1 N–H and O–H groups in total. The minimum atomic E-state index is -2.97. The largest absolute Gasteiger partial charge is 0.382 e. The SMILES string of the molecule is C=C(Cl)/C=C\C(=C\C#N)NC(C)CCC.C=c1cc(C2C=NC(/C(C)=C(/C(=O)N(C)C=C(C)C)C(F)F)=NC2)n(C)c(=O)/c1=C/C(C)C.CC. The highest BCUT2D eigenvalue weighted by atomic mass is 35.5. The van der Waals surface area contributed by atoms with Crippen molar-refractivity contribution in [3.05, 3.63) is 91.0 Å². The Hall–Kier alpha value is -4.36. The van der Waals surface area contributed by atoms with Crippen molar-refractivity contribution in [2.45, 2.75) is 93.5 Å². The van der Waals surface area contributed by atoms with Gasteiger partial charge in [0.15, 0.2) is 0 Å². The normalized spacial score (nSPS) is 15.6. The number of carbonyl (C=O) groups is 1. The van der Waals surface area contributed by atoms with Gasteiger partial charge in [0, 0.05) is 65.8 Å². The minimum absolute atomic E-state index is 0.0346. The molecule has 2 atom stereocenters. The second-order valence-corrected chi connectivity index (χ2v) is 12.6. The zero-order valence-electron chi connectivity index (χ0n) is 31.6. The number of amides is 1. The molecule has 50 heavy (non-hydrogen) atoms. The van der Waals surface area contributed by atoms with Gasteiger partial charge in [-0.25, -0.2) is 13.8 Å². The molecule has 1 amide bonds. The summed E-state index contributed by atoms with van der Waals surface area (Å²) in [5, 5.41) is 13.4.